The highest BCUT2D eigenvalue weighted by molar-refractivity contribution is 7.07. The zero-order valence-electron chi connectivity index (χ0n) is 14.9. The van der Waals surface area contributed by atoms with E-state index in [9.17, 15) is 8.78 Å². The molecule has 0 atom stereocenters. The van der Waals surface area contributed by atoms with Crippen molar-refractivity contribution in [3.05, 3.63) is 87.9 Å². The Bertz CT molecular complexity index is 797. The lowest BCUT2D eigenvalue weighted by molar-refractivity contribution is 0.104. The van der Waals surface area contributed by atoms with Gasteiger partial charge in [0.1, 0.15) is 11.6 Å². The maximum absolute atomic E-state index is 13.4. The fourth-order valence-corrected chi connectivity index (χ4v) is 4.18. The fraction of sp³-hybridized carbons (Fsp3) is 0.286. The van der Waals surface area contributed by atoms with Gasteiger partial charge in [0, 0.05) is 38.1 Å². The molecule has 0 unspecified atom stereocenters. The van der Waals surface area contributed by atoms with Crippen LogP contribution in [0.3, 0.4) is 0 Å². The minimum atomic E-state index is -0.246. The number of piperazine rings is 1. The van der Waals surface area contributed by atoms with Crippen LogP contribution in [0.25, 0.3) is 0 Å². The van der Waals surface area contributed by atoms with Crippen LogP contribution in [0, 0.1) is 11.6 Å². The van der Waals surface area contributed by atoms with Gasteiger partial charge in [-0.15, -0.1) is 11.3 Å². The first-order chi connectivity index (χ1) is 13.2. The Labute approximate surface area is 161 Å². The molecule has 0 N–H and O–H groups in total. The first kappa shape index (κ1) is 18.2. The van der Waals surface area contributed by atoms with E-state index < -0.39 is 0 Å². The minimum Gasteiger partial charge on any atom is -0.295 e. The number of hydrogen-bond donors (Lipinski definition) is 0. The minimum absolute atomic E-state index is 0.00683. The van der Waals surface area contributed by atoms with Gasteiger partial charge in [0.25, 0.3) is 0 Å². The van der Waals surface area contributed by atoms with Crippen LogP contribution < -0.4 is 0 Å². The Hall–Kier alpha value is -2.15. The summed E-state index contributed by atoms with van der Waals surface area (Å²) in [6.45, 7) is 4.54. The Morgan fingerprint density at radius 1 is 0.852 bits per heavy atom. The number of rotatable bonds is 5. The third-order valence-corrected chi connectivity index (χ3v) is 5.65. The molecule has 1 aliphatic rings. The van der Waals surface area contributed by atoms with Crippen molar-refractivity contribution >= 4 is 11.3 Å². The van der Waals surface area contributed by atoms with Crippen molar-refractivity contribution in [1.82, 2.24) is 14.8 Å². The molecule has 3 aromatic rings. The highest BCUT2D eigenvalue weighted by atomic mass is 32.1. The molecule has 1 saturated heterocycles. The Balaban J connectivity index is 1.52. The van der Waals surface area contributed by atoms with Crippen LogP contribution in [0.1, 0.15) is 22.9 Å². The lowest BCUT2D eigenvalue weighted by Gasteiger charge is -2.39. The van der Waals surface area contributed by atoms with Gasteiger partial charge in [0.15, 0.2) is 0 Å². The summed E-state index contributed by atoms with van der Waals surface area (Å²) in [5, 5.41) is 2.09. The summed E-state index contributed by atoms with van der Waals surface area (Å²) in [5.41, 5.74) is 5.03. The van der Waals surface area contributed by atoms with Crippen LogP contribution in [0.4, 0.5) is 8.78 Å². The van der Waals surface area contributed by atoms with Gasteiger partial charge in [-0.1, -0.05) is 24.3 Å². The smallest absolute Gasteiger partial charge is 0.123 e. The van der Waals surface area contributed by atoms with Crippen molar-refractivity contribution in [1.29, 1.82) is 0 Å². The summed E-state index contributed by atoms with van der Waals surface area (Å²) in [4.78, 5) is 9.16. The lowest BCUT2D eigenvalue weighted by atomic mass is 9.96. The first-order valence-corrected chi connectivity index (χ1v) is 9.98. The molecule has 1 aliphatic heterocycles. The van der Waals surface area contributed by atoms with E-state index in [1.54, 1.807) is 11.3 Å². The zero-order valence-corrected chi connectivity index (χ0v) is 15.7. The van der Waals surface area contributed by atoms with Crippen molar-refractivity contribution in [2.45, 2.75) is 12.6 Å². The number of aromatic nitrogens is 1. The molecular weight excluding hydrogens is 364 g/mol. The van der Waals surface area contributed by atoms with Crippen LogP contribution in [0.15, 0.2) is 59.4 Å². The van der Waals surface area contributed by atoms with Crippen molar-refractivity contribution in [2.75, 3.05) is 26.2 Å². The van der Waals surface area contributed by atoms with Crippen LogP contribution in [-0.2, 0) is 6.54 Å². The van der Waals surface area contributed by atoms with E-state index in [4.69, 9.17) is 0 Å². The predicted molar refractivity (Wildman–Crippen MR) is 104 cm³/mol. The molecule has 0 amide bonds. The normalized spacial score (nSPS) is 16.1. The Kier molecular flexibility index (Phi) is 5.57. The van der Waals surface area contributed by atoms with Gasteiger partial charge >= 0.3 is 0 Å². The fourth-order valence-electron chi connectivity index (χ4n) is 3.63. The number of nitrogens with zero attached hydrogens (tertiary/aromatic N) is 3. The maximum Gasteiger partial charge on any atom is 0.123 e. The van der Waals surface area contributed by atoms with E-state index in [0.717, 1.165) is 49.5 Å². The molecule has 6 heteroatoms. The van der Waals surface area contributed by atoms with Crippen molar-refractivity contribution in [3.63, 3.8) is 0 Å². The molecule has 0 bridgehead atoms. The zero-order chi connectivity index (χ0) is 18.6. The van der Waals surface area contributed by atoms with Crippen LogP contribution in [0.2, 0.25) is 0 Å². The molecular formula is C21H21F2N3S. The van der Waals surface area contributed by atoms with E-state index >= 15 is 0 Å². The van der Waals surface area contributed by atoms with Gasteiger partial charge < -0.3 is 0 Å². The van der Waals surface area contributed by atoms with Crippen molar-refractivity contribution in [3.8, 4) is 0 Å². The highest BCUT2D eigenvalue weighted by Crippen LogP contribution is 2.30. The molecule has 0 spiro atoms. The second-order valence-corrected chi connectivity index (χ2v) is 7.52. The SMILES string of the molecule is Fc1ccc(C(c2ccc(F)cc2)N2CCN(Cc3cscn3)CC2)cc1. The maximum atomic E-state index is 13.4. The largest absolute Gasteiger partial charge is 0.295 e. The van der Waals surface area contributed by atoms with E-state index in [1.807, 2.05) is 29.8 Å². The number of halogens is 2. The standard InChI is InChI=1S/C21H21F2N3S/c22-18-5-1-16(2-6-18)21(17-3-7-19(23)8-4-17)26-11-9-25(10-12-26)13-20-14-27-15-24-20/h1-8,14-15,21H,9-13H2. The van der Waals surface area contributed by atoms with Gasteiger partial charge in [-0.05, 0) is 35.4 Å². The van der Waals surface area contributed by atoms with Crippen LogP contribution >= 0.6 is 11.3 Å². The summed E-state index contributed by atoms with van der Waals surface area (Å²) < 4.78 is 26.8. The first-order valence-electron chi connectivity index (χ1n) is 9.03. The number of thiazole rings is 1. The highest BCUT2D eigenvalue weighted by Gasteiger charge is 2.26. The topological polar surface area (TPSA) is 19.4 Å². The van der Waals surface area contributed by atoms with Crippen LogP contribution in [-0.4, -0.2) is 41.0 Å². The van der Waals surface area contributed by atoms with E-state index in [2.05, 4.69) is 20.2 Å². The van der Waals surface area contributed by atoms with Gasteiger partial charge in [-0.25, -0.2) is 13.8 Å². The lowest BCUT2D eigenvalue weighted by Crippen LogP contribution is -2.47. The second-order valence-electron chi connectivity index (χ2n) is 6.80. The van der Waals surface area contributed by atoms with Crippen LogP contribution in [0.5, 0.6) is 0 Å². The summed E-state index contributed by atoms with van der Waals surface area (Å²) >= 11 is 1.62. The van der Waals surface area contributed by atoms with Crippen molar-refractivity contribution in [2.24, 2.45) is 0 Å². The quantitative estimate of drug-likeness (QED) is 0.652. The Morgan fingerprint density at radius 3 is 1.89 bits per heavy atom. The number of benzene rings is 2. The van der Waals surface area contributed by atoms with E-state index in [-0.39, 0.29) is 17.7 Å². The van der Waals surface area contributed by atoms with Gasteiger partial charge in [0.2, 0.25) is 0 Å². The molecule has 0 radical (unpaired) electrons. The average molecular weight is 385 g/mol. The molecule has 1 aromatic heterocycles. The molecule has 0 saturated carbocycles. The molecule has 140 valence electrons. The molecule has 4 rings (SSSR count). The second kappa shape index (κ2) is 8.25. The number of hydrogen-bond acceptors (Lipinski definition) is 4. The third kappa shape index (κ3) is 4.40. The predicted octanol–water partition coefficient (Wildman–Crippen LogP) is 4.33. The van der Waals surface area contributed by atoms with E-state index in [1.165, 1.54) is 24.3 Å². The third-order valence-electron chi connectivity index (χ3n) is 5.01. The summed E-state index contributed by atoms with van der Waals surface area (Å²) in [7, 11) is 0. The monoisotopic (exact) mass is 385 g/mol. The van der Waals surface area contributed by atoms with E-state index in [0.29, 0.717) is 0 Å². The summed E-state index contributed by atoms with van der Waals surface area (Å²) in [6, 6.07) is 13.3. The molecule has 1 fully saturated rings. The van der Waals surface area contributed by atoms with Crippen molar-refractivity contribution < 1.29 is 8.78 Å². The summed E-state index contributed by atoms with van der Waals surface area (Å²) in [6.07, 6.45) is 0. The van der Waals surface area contributed by atoms with Gasteiger partial charge in [0.05, 0.1) is 17.2 Å². The molecule has 0 aliphatic carbocycles. The molecule has 2 aromatic carbocycles. The molecule has 27 heavy (non-hydrogen) atoms. The van der Waals surface area contributed by atoms with Gasteiger partial charge in [-0.2, -0.15) is 0 Å². The molecule has 2 heterocycles. The van der Waals surface area contributed by atoms with Gasteiger partial charge in [-0.3, -0.25) is 9.80 Å². The Morgan fingerprint density at radius 2 is 1.41 bits per heavy atom. The summed E-state index contributed by atoms with van der Waals surface area (Å²) in [5.74, 6) is -0.491. The average Bonchev–Trinajstić information content (AvgIpc) is 3.19. The molecule has 3 nitrogen and oxygen atoms in total.